The number of para-hydroxylation sites is 1. The zero-order valence-electron chi connectivity index (χ0n) is 20.6. The van der Waals surface area contributed by atoms with Crippen molar-refractivity contribution in [2.45, 2.75) is 52.7 Å². The Hall–Kier alpha value is -3.93. The van der Waals surface area contributed by atoms with E-state index in [1.807, 2.05) is 99.6 Å². The Morgan fingerprint density at radius 3 is 2.46 bits per heavy atom. The third-order valence-electron chi connectivity index (χ3n) is 6.13. The predicted molar refractivity (Wildman–Crippen MR) is 142 cm³/mol. The van der Waals surface area contributed by atoms with Crippen molar-refractivity contribution in [1.29, 1.82) is 0 Å². The molecule has 1 aromatic heterocycles. The molecule has 0 aliphatic rings. The maximum atomic E-state index is 13.7. The van der Waals surface area contributed by atoms with Crippen LogP contribution in [0, 0.1) is 6.92 Å². The molecule has 6 heteroatoms. The number of benzene rings is 3. The molecule has 0 saturated heterocycles. The van der Waals surface area contributed by atoms with E-state index >= 15 is 0 Å². The maximum absolute atomic E-state index is 13.7. The second-order valence-corrected chi connectivity index (χ2v) is 8.78. The summed E-state index contributed by atoms with van der Waals surface area (Å²) in [6, 6.07) is 24.5. The van der Waals surface area contributed by atoms with Gasteiger partial charge in [0.25, 0.3) is 5.56 Å². The second kappa shape index (κ2) is 11.0. The van der Waals surface area contributed by atoms with Gasteiger partial charge in [0.15, 0.2) is 0 Å². The van der Waals surface area contributed by atoms with Crippen molar-refractivity contribution < 1.29 is 4.79 Å². The second-order valence-electron chi connectivity index (χ2n) is 8.78. The van der Waals surface area contributed by atoms with Crippen molar-refractivity contribution in [1.82, 2.24) is 14.5 Å². The van der Waals surface area contributed by atoms with E-state index in [0.717, 1.165) is 23.2 Å². The molecule has 6 nitrogen and oxygen atoms in total. The molecule has 0 aliphatic heterocycles. The summed E-state index contributed by atoms with van der Waals surface area (Å²) in [5.74, 6) is 0.619. The molecule has 0 radical (unpaired) electrons. The Bertz CT molecular complexity index is 1360. The third kappa shape index (κ3) is 5.43. The van der Waals surface area contributed by atoms with E-state index in [1.54, 1.807) is 9.47 Å². The number of anilines is 1. The number of aryl methyl sites for hydroxylation is 1. The molecule has 35 heavy (non-hydrogen) atoms. The number of carbonyl (C=O) groups excluding carboxylic acids is 1. The van der Waals surface area contributed by atoms with Gasteiger partial charge in [-0.1, -0.05) is 68.4 Å². The molecule has 0 saturated carbocycles. The van der Waals surface area contributed by atoms with Crippen molar-refractivity contribution in [3.8, 4) is 0 Å². The molecule has 1 atom stereocenters. The average Bonchev–Trinajstić information content (AvgIpc) is 2.86. The number of nitrogens with zero attached hydrogens (tertiary/aromatic N) is 3. The zero-order chi connectivity index (χ0) is 24.8. The summed E-state index contributed by atoms with van der Waals surface area (Å²) in [4.78, 5) is 33.9. The highest BCUT2D eigenvalue weighted by atomic mass is 16.2. The minimum absolute atomic E-state index is 0.0651. The van der Waals surface area contributed by atoms with Crippen LogP contribution in [0.4, 0.5) is 10.5 Å². The van der Waals surface area contributed by atoms with Gasteiger partial charge in [0.1, 0.15) is 5.82 Å². The van der Waals surface area contributed by atoms with Crippen molar-refractivity contribution >= 4 is 22.6 Å². The topological polar surface area (TPSA) is 67.2 Å². The van der Waals surface area contributed by atoms with E-state index in [-0.39, 0.29) is 17.6 Å². The van der Waals surface area contributed by atoms with Gasteiger partial charge in [-0.2, -0.15) is 0 Å². The van der Waals surface area contributed by atoms with Crippen LogP contribution in [0.2, 0.25) is 0 Å². The number of hydrogen-bond acceptors (Lipinski definition) is 3. The smallest absolute Gasteiger partial charge is 0.310 e. The van der Waals surface area contributed by atoms with Gasteiger partial charge in [-0.15, -0.1) is 0 Å². The monoisotopic (exact) mass is 468 g/mol. The predicted octanol–water partition coefficient (Wildman–Crippen LogP) is 6.30. The van der Waals surface area contributed by atoms with Gasteiger partial charge in [0.2, 0.25) is 0 Å². The maximum Gasteiger partial charge on any atom is 0.322 e. The van der Waals surface area contributed by atoms with Crippen LogP contribution < -0.4 is 10.9 Å². The Balaban J connectivity index is 1.81. The number of hydrogen-bond donors (Lipinski definition) is 1. The number of aromatic nitrogens is 2. The first kappa shape index (κ1) is 24.2. The first-order valence-electron chi connectivity index (χ1n) is 12.2. The van der Waals surface area contributed by atoms with E-state index < -0.39 is 0 Å². The summed E-state index contributed by atoms with van der Waals surface area (Å²) in [6.07, 6.45) is 1.40. The Morgan fingerprint density at radius 2 is 1.74 bits per heavy atom. The lowest BCUT2D eigenvalue weighted by atomic mass is 10.1. The summed E-state index contributed by atoms with van der Waals surface area (Å²) in [7, 11) is 0. The van der Waals surface area contributed by atoms with Crippen LogP contribution in [-0.4, -0.2) is 20.5 Å². The molecule has 1 heterocycles. The molecule has 4 aromatic rings. The Morgan fingerprint density at radius 1 is 1.00 bits per heavy atom. The molecule has 180 valence electrons. The molecule has 1 unspecified atom stereocenters. The zero-order valence-corrected chi connectivity index (χ0v) is 20.6. The van der Waals surface area contributed by atoms with Gasteiger partial charge in [-0.3, -0.25) is 9.36 Å². The first-order chi connectivity index (χ1) is 17.0. The standard InChI is InChI=1S/C29H32N4O2/c1-4-18-32-27(31-25-17-10-9-16-24(25)28(32)34)26(5-2)33(20-22-13-7-6-8-14-22)29(35)30-23-15-11-12-21(3)19-23/h6-17,19,26H,4-5,18,20H2,1-3H3,(H,30,35). The molecule has 0 bridgehead atoms. The summed E-state index contributed by atoms with van der Waals surface area (Å²) >= 11 is 0. The molecule has 0 fully saturated rings. The molecule has 0 spiro atoms. The van der Waals surface area contributed by atoms with Crippen LogP contribution >= 0.6 is 0 Å². The van der Waals surface area contributed by atoms with E-state index in [2.05, 4.69) is 5.32 Å². The lowest BCUT2D eigenvalue weighted by Crippen LogP contribution is -2.40. The van der Waals surface area contributed by atoms with Crippen LogP contribution in [-0.2, 0) is 13.1 Å². The normalized spacial score (nSPS) is 11.9. The highest BCUT2D eigenvalue weighted by molar-refractivity contribution is 5.89. The number of rotatable bonds is 8. The van der Waals surface area contributed by atoms with E-state index in [4.69, 9.17) is 4.98 Å². The van der Waals surface area contributed by atoms with Gasteiger partial charge >= 0.3 is 6.03 Å². The summed E-state index contributed by atoms with van der Waals surface area (Å²) in [6.45, 7) is 7.00. The van der Waals surface area contributed by atoms with E-state index in [1.165, 1.54) is 0 Å². The lowest BCUT2D eigenvalue weighted by Gasteiger charge is -2.32. The molecule has 3 aromatic carbocycles. The Kier molecular flexibility index (Phi) is 7.60. The van der Waals surface area contributed by atoms with Crippen LogP contribution in [0.5, 0.6) is 0 Å². The van der Waals surface area contributed by atoms with E-state index in [9.17, 15) is 9.59 Å². The number of fused-ring (bicyclic) bond motifs is 1. The van der Waals surface area contributed by atoms with Crippen LogP contribution in [0.25, 0.3) is 10.9 Å². The number of urea groups is 1. The quantitative estimate of drug-likeness (QED) is 0.330. The molecule has 1 N–H and O–H groups in total. The average molecular weight is 469 g/mol. The highest BCUT2D eigenvalue weighted by Gasteiger charge is 2.29. The van der Waals surface area contributed by atoms with Crippen molar-refractivity contribution in [2.24, 2.45) is 0 Å². The van der Waals surface area contributed by atoms with Gasteiger partial charge < -0.3 is 10.2 Å². The largest absolute Gasteiger partial charge is 0.322 e. The minimum Gasteiger partial charge on any atom is -0.310 e. The molecule has 2 amide bonds. The number of carbonyl (C=O) groups is 1. The van der Waals surface area contributed by atoms with Crippen LogP contribution in [0.3, 0.4) is 0 Å². The molecule has 0 aliphatic carbocycles. The number of nitrogens with one attached hydrogen (secondary N) is 1. The minimum atomic E-state index is -0.385. The third-order valence-corrected chi connectivity index (χ3v) is 6.13. The SMILES string of the molecule is CCCn1c(C(CC)N(Cc2ccccc2)C(=O)Nc2cccc(C)c2)nc2ccccc2c1=O. The van der Waals surface area contributed by atoms with Gasteiger partial charge in [0.05, 0.1) is 16.9 Å². The first-order valence-corrected chi connectivity index (χ1v) is 12.2. The van der Waals surface area contributed by atoms with Crippen molar-refractivity contribution in [2.75, 3.05) is 5.32 Å². The van der Waals surface area contributed by atoms with Gasteiger partial charge in [-0.05, 0) is 55.2 Å². The van der Waals surface area contributed by atoms with Crippen molar-refractivity contribution in [3.63, 3.8) is 0 Å². The number of amides is 2. The fraction of sp³-hybridized carbons (Fsp3) is 0.276. The highest BCUT2D eigenvalue weighted by Crippen LogP contribution is 2.27. The van der Waals surface area contributed by atoms with E-state index in [0.29, 0.717) is 36.2 Å². The van der Waals surface area contributed by atoms with Crippen molar-refractivity contribution in [3.05, 3.63) is 106 Å². The summed E-state index contributed by atoms with van der Waals surface area (Å²) in [5.41, 5.74) is 3.40. The fourth-order valence-corrected chi connectivity index (χ4v) is 4.44. The summed E-state index contributed by atoms with van der Waals surface area (Å²) < 4.78 is 1.74. The molecule has 4 rings (SSSR count). The van der Waals surface area contributed by atoms with Crippen LogP contribution in [0.15, 0.2) is 83.7 Å². The van der Waals surface area contributed by atoms with Gasteiger partial charge in [-0.25, -0.2) is 9.78 Å². The van der Waals surface area contributed by atoms with Crippen LogP contribution in [0.1, 0.15) is 49.7 Å². The molecular formula is C29H32N4O2. The molecular weight excluding hydrogens is 436 g/mol. The lowest BCUT2D eigenvalue weighted by molar-refractivity contribution is 0.175. The van der Waals surface area contributed by atoms with Gasteiger partial charge in [0, 0.05) is 18.8 Å². The fourth-order valence-electron chi connectivity index (χ4n) is 4.44. The summed E-state index contributed by atoms with van der Waals surface area (Å²) in [5, 5.41) is 3.66. The Labute approximate surface area is 206 Å².